The third kappa shape index (κ3) is 2.69. The second-order valence-electron chi connectivity index (χ2n) is 4.02. The van der Waals surface area contributed by atoms with Crippen LogP contribution in [-0.2, 0) is 0 Å². The maximum atomic E-state index is 8.86. The van der Waals surface area contributed by atoms with Crippen LogP contribution < -0.4 is 5.32 Å². The molecule has 0 aliphatic heterocycles. The molecule has 0 spiro atoms. The van der Waals surface area contributed by atoms with Crippen LogP contribution in [0.25, 0.3) is 0 Å². The topological polar surface area (TPSA) is 48.7 Å². The highest BCUT2D eigenvalue weighted by atomic mass is 79.9. The molecule has 2 rings (SSSR count). The summed E-state index contributed by atoms with van der Waals surface area (Å²) in [7, 11) is 0. The predicted octanol–water partition coefficient (Wildman–Crippen LogP) is 4.08. The summed E-state index contributed by atoms with van der Waals surface area (Å²) in [4.78, 5) is 4.40. The number of hydrogen-bond donors (Lipinski definition) is 1. The number of nitriles is 1. The summed E-state index contributed by atoms with van der Waals surface area (Å²) in [6, 6.07) is 11.6. The van der Waals surface area contributed by atoms with E-state index in [1.54, 1.807) is 6.07 Å². The van der Waals surface area contributed by atoms with Gasteiger partial charge in [0, 0.05) is 15.9 Å². The van der Waals surface area contributed by atoms with Crippen LogP contribution in [0.4, 0.5) is 11.4 Å². The molecular formula is C14H12BrN3. The van der Waals surface area contributed by atoms with Crippen molar-refractivity contribution in [1.82, 2.24) is 4.98 Å². The minimum atomic E-state index is 0.624. The summed E-state index contributed by atoms with van der Waals surface area (Å²) in [6.45, 7) is 3.93. The molecule has 18 heavy (non-hydrogen) atoms. The number of hydrogen-bond acceptors (Lipinski definition) is 3. The lowest BCUT2D eigenvalue weighted by molar-refractivity contribution is 1.12. The lowest BCUT2D eigenvalue weighted by Crippen LogP contribution is -1.96. The largest absolute Gasteiger partial charge is 0.354 e. The molecule has 1 heterocycles. The molecule has 90 valence electrons. The number of rotatable bonds is 2. The highest BCUT2D eigenvalue weighted by Crippen LogP contribution is 2.24. The van der Waals surface area contributed by atoms with Gasteiger partial charge in [0.2, 0.25) is 0 Å². The fourth-order valence-electron chi connectivity index (χ4n) is 1.66. The van der Waals surface area contributed by atoms with E-state index in [2.05, 4.69) is 32.3 Å². The van der Waals surface area contributed by atoms with E-state index < -0.39 is 0 Å². The average Bonchev–Trinajstić information content (AvgIpc) is 2.33. The van der Waals surface area contributed by atoms with Gasteiger partial charge in [0.1, 0.15) is 6.07 Å². The fourth-order valence-corrected chi connectivity index (χ4v) is 2.13. The molecule has 0 aliphatic carbocycles. The standard InChI is InChI=1S/C14H12BrN3/c1-9-3-6-14(10(2)17-9)18-12-5-4-11(8-16)13(15)7-12/h3-7,18H,1-2H3. The van der Waals surface area contributed by atoms with Gasteiger partial charge in [0.15, 0.2) is 0 Å². The fraction of sp³-hybridized carbons (Fsp3) is 0.143. The van der Waals surface area contributed by atoms with E-state index >= 15 is 0 Å². The van der Waals surface area contributed by atoms with Gasteiger partial charge >= 0.3 is 0 Å². The summed E-state index contributed by atoms with van der Waals surface area (Å²) in [5.41, 5.74) is 4.47. The van der Waals surface area contributed by atoms with Gasteiger partial charge in [-0.2, -0.15) is 5.26 Å². The van der Waals surface area contributed by atoms with E-state index in [1.807, 2.05) is 38.1 Å². The van der Waals surface area contributed by atoms with Crippen LogP contribution in [0.2, 0.25) is 0 Å². The van der Waals surface area contributed by atoms with Crippen molar-refractivity contribution in [3.63, 3.8) is 0 Å². The summed E-state index contributed by atoms with van der Waals surface area (Å²) in [6.07, 6.45) is 0. The Hall–Kier alpha value is -1.86. The number of aryl methyl sites for hydroxylation is 2. The minimum absolute atomic E-state index is 0.624. The van der Waals surface area contributed by atoms with Crippen molar-refractivity contribution in [1.29, 1.82) is 5.26 Å². The number of halogens is 1. The monoisotopic (exact) mass is 301 g/mol. The SMILES string of the molecule is Cc1ccc(Nc2ccc(C#N)c(Br)c2)c(C)n1. The molecule has 4 heteroatoms. The predicted molar refractivity (Wildman–Crippen MR) is 75.9 cm³/mol. The first-order valence-electron chi connectivity index (χ1n) is 5.51. The van der Waals surface area contributed by atoms with Crippen LogP contribution in [0.5, 0.6) is 0 Å². The molecule has 3 nitrogen and oxygen atoms in total. The van der Waals surface area contributed by atoms with E-state index in [0.717, 1.165) is 27.2 Å². The quantitative estimate of drug-likeness (QED) is 0.909. The van der Waals surface area contributed by atoms with Crippen molar-refractivity contribution in [3.05, 3.63) is 51.8 Å². The van der Waals surface area contributed by atoms with Gasteiger partial charge in [0.25, 0.3) is 0 Å². The van der Waals surface area contributed by atoms with Crippen molar-refractivity contribution in [3.8, 4) is 6.07 Å². The molecule has 2 aromatic rings. The second-order valence-corrected chi connectivity index (χ2v) is 4.87. The first-order valence-corrected chi connectivity index (χ1v) is 6.30. The number of nitrogens with one attached hydrogen (secondary N) is 1. The Kier molecular flexibility index (Phi) is 3.63. The molecule has 0 unspecified atom stereocenters. The summed E-state index contributed by atoms with van der Waals surface area (Å²) in [5, 5.41) is 12.2. The van der Waals surface area contributed by atoms with Crippen LogP contribution in [0.15, 0.2) is 34.8 Å². The van der Waals surface area contributed by atoms with Gasteiger partial charge in [-0.25, -0.2) is 0 Å². The second kappa shape index (κ2) is 5.19. The van der Waals surface area contributed by atoms with Crippen molar-refractivity contribution >= 4 is 27.3 Å². The zero-order valence-electron chi connectivity index (χ0n) is 10.2. The lowest BCUT2D eigenvalue weighted by Gasteiger charge is -2.10. The van der Waals surface area contributed by atoms with Crippen molar-refractivity contribution in [2.75, 3.05) is 5.32 Å². The van der Waals surface area contributed by atoms with E-state index in [0.29, 0.717) is 5.56 Å². The Balaban J connectivity index is 2.29. The maximum Gasteiger partial charge on any atom is 0.100 e. The Morgan fingerprint density at radius 1 is 1.22 bits per heavy atom. The Morgan fingerprint density at radius 3 is 2.61 bits per heavy atom. The van der Waals surface area contributed by atoms with Gasteiger partial charge in [0.05, 0.1) is 16.9 Å². The Morgan fingerprint density at radius 2 is 2.00 bits per heavy atom. The van der Waals surface area contributed by atoms with Crippen LogP contribution >= 0.6 is 15.9 Å². The zero-order valence-corrected chi connectivity index (χ0v) is 11.7. The molecule has 0 aliphatic rings. The van der Waals surface area contributed by atoms with Crippen molar-refractivity contribution in [2.45, 2.75) is 13.8 Å². The van der Waals surface area contributed by atoms with Gasteiger partial charge in [-0.15, -0.1) is 0 Å². The van der Waals surface area contributed by atoms with E-state index in [9.17, 15) is 0 Å². The van der Waals surface area contributed by atoms with Crippen LogP contribution in [0, 0.1) is 25.2 Å². The van der Waals surface area contributed by atoms with E-state index in [-0.39, 0.29) is 0 Å². The maximum absolute atomic E-state index is 8.86. The highest BCUT2D eigenvalue weighted by molar-refractivity contribution is 9.10. The molecule has 0 amide bonds. The Bertz CT molecular complexity index is 629. The average molecular weight is 302 g/mol. The first kappa shape index (κ1) is 12.6. The number of benzene rings is 1. The molecular weight excluding hydrogens is 290 g/mol. The minimum Gasteiger partial charge on any atom is -0.354 e. The van der Waals surface area contributed by atoms with Crippen LogP contribution in [0.3, 0.4) is 0 Å². The van der Waals surface area contributed by atoms with E-state index in [4.69, 9.17) is 5.26 Å². The van der Waals surface area contributed by atoms with Gasteiger partial charge in [-0.1, -0.05) is 0 Å². The highest BCUT2D eigenvalue weighted by Gasteiger charge is 2.03. The molecule has 0 atom stereocenters. The summed E-state index contributed by atoms with van der Waals surface area (Å²) < 4.78 is 0.785. The smallest absolute Gasteiger partial charge is 0.100 e. The molecule has 1 N–H and O–H groups in total. The lowest BCUT2D eigenvalue weighted by atomic mass is 10.2. The van der Waals surface area contributed by atoms with Gasteiger partial charge < -0.3 is 5.32 Å². The molecule has 0 fully saturated rings. The van der Waals surface area contributed by atoms with Crippen molar-refractivity contribution < 1.29 is 0 Å². The van der Waals surface area contributed by atoms with E-state index in [1.165, 1.54) is 0 Å². The summed E-state index contributed by atoms with van der Waals surface area (Å²) in [5.74, 6) is 0. The van der Waals surface area contributed by atoms with Crippen LogP contribution in [-0.4, -0.2) is 4.98 Å². The van der Waals surface area contributed by atoms with Crippen LogP contribution in [0.1, 0.15) is 17.0 Å². The van der Waals surface area contributed by atoms with Crippen molar-refractivity contribution in [2.24, 2.45) is 0 Å². The first-order chi connectivity index (χ1) is 8.60. The number of anilines is 2. The number of pyridine rings is 1. The molecule has 0 bridgehead atoms. The number of aromatic nitrogens is 1. The molecule has 1 aromatic carbocycles. The third-order valence-corrected chi connectivity index (χ3v) is 3.25. The molecule has 0 radical (unpaired) electrons. The molecule has 1 aromatic heterocycles. The normalized spacial score (nSPS) is 9.89. The third-order valence-electron chi connectivity index (χ3n) is 2.59. The van der Waals surface area contributed by atoms with Gasteiger partial charge in [-0.05, 0) is 60.1 Å². The summed E-state index contributed by atoms with van der Waals surface area (Å²) >= 11 is 3.37. The molecule has 0 saturated heterocycles. The van der Waals surface area contributed by atoms with Gasteiger partial charge in [-0.3, -0.25) is 4.98 Å². The zero-order chi connectivity index (χ0) is 13.1. The number of nitrogens with zero attached hydrogens (tertiary/aromatic N) is 2. The Labute approximate surface area is 115 Å². The molecule has 0 saturated carbocycles.